The number of hydrogen-bond acceptors (Lipinski definition) is 2. The van der Waals surface area contributed by atoms with Crippen molar-refractivity contribution in [3.05, 3.63) is 0 Å². The molecule has 0 aromatic carbocycles. The monoisotopic (exact) mass is 398 g/mol. The van der Waals surface area contributed by atoms with Gasteiger partial charge in [-0.3, -0.25) is 0 Å². The van der Waals surface area contributed by atoms with Crippen molar-refractivity contribution in [1.29, 1.82) is 0 Å². The van der Waals surface area contributed by atoms with Gasteiger partial charge >= 0.3 is 0 Å². The molecule has 0 aromatic rings. The van der Waals surface area contributed by atoms with E-state index >= 15 is 0 Å². The maximum Gasteiger partial charge on any atom is 0.0697 e. The average Bonchev–Trinajstić information content (AvgIpc) is 2.71. The second kappa shape index (κ2) is 26.9. The Morgan fingerprint density at radius 3 is 0.964 bits per heavy atom. The zero-order chi connectivity index (χ0) is 20.4. The lowest BCUT2D eigenvalue weighted by molar-refractivity contribution is 0.0895. The lowest BCUT2D eigenvalue weighted by Crippen LogP contribution is -2.00. The van der Waals surface area contributed by atoms with Crippen LogP contribution in [0.15, 0.2) is 0 Å². The first-order chi connectivity index (χ1) is 13.9. The maximum absolute atomic E-state index is 8.62. The molecule has 0 atom stereocenters. The van der Waals surface area contributed by atoms with Gasteiger partial charge < -0.3 is 9.84 Å². The Balaban J connectivity index is 2.96. The van der Waals surface area contributed by atoms with Gasteiger partial charge in [-0.15, -0.1) is 0 Å². The minimum Gasteiger partial charge on any atom is -0.394 e. The first-order valence-corrected chi connectivity index (χ1v) is 13.1. The van der Waals surface area contributed by atoms with Crippen LogP contribution in [0.5, 0.6) is 0 Å². The van der Waals surface area contributed by atoms with Crippen molar-refractivity contribution in [2.75, 3.05) is 19.8 Å². The van der Waals surface area contributed by atoms with E-state index in [9.17, 15) is 0 Å². The molecule has 0 rings (SSSR count). The molecule has 0 aromatic heterocycles. The highest BCUT2D eigenvalue weighted by Crippen LogP contribution is 2.15. The number of ether oxygens (including phenoxy) is 1. The molecule has 1 N–H and O–H groups in total. The molecule has 0 aliphatic rings. The first-order valence-electron chi connectivity index (χ1n) is 13.1. The molecule has 0 unspecified atom stereocenters. The highest BCUT2D eigenvalue weighted by Gasteiger charge is 1.96. The van der Waals surface area contributed by atoms with Crippen LogP contribution in [-0.2, 0) is 4.74 Å². The number of aliphatic hydroxyl groups is 1. The molecule has 0 heterocycles. The molecule has 0 bridgehead atoms. The number of aliphatic hydroxyl groups excluding tert-OH is 1. The van der Waals surface area contributed by atoms with Gasteiger partial charge in [0, 0.05) is 6.61 Å². The van der Waals surface area contributed by atoms with Crippen molar-refractivity contribution < 1.29 is 9.84 Å². The first kappa shape index (κ1) is 27.9. The molecule has 0 fully saturated rings. The van der Waals surface area contributed by atoms with E-state index in [1.807, 2.05) is 0 Å². The van der Waals surface area contributed by atoms with E-state index in [0.29, 0.717) is 6.61 Å². The van der Waals surface area contributed by atoms with E-state index in [4.69, 9.17) is 9.84 Å². The van der Waals surface area contributed by atoms with Gasteiger partial charge in [-0.25, -0.2) is 0 Å². The Kier molecular flexibility index (Phi) is 26.8. The van der Waals surface area contributed by atoms with Gasteiger partial charge in [-0.2, -0.15) is 0 Å². The average molecular weight is 399 g/mol. The molecule has 0 amide bonds. The van der Waals surface area contributed by atoms with Gasteiger partial charge in [0.1, 0.15) is 0 Å². The summed E-state index contributed by atoms with van der Waals surface area (Å²) in [6, 6.07) is 0. The summed E-state index contributed by atoms with van der Waals surface area (Å²) < 4.78 is 5.28. The van der Waals surface area contributed by atoms with Gasteiger partial charge in [0.2, 0.25) is 0 Å². The predicted octanol–water partition coefficient (Wildman–Crippen LogP) is 8.60. The molecule has 0 saturated carbocycles. The van der Waals surface area contributed by atoms with Crippen LogP contribution < -0.4 is 0 Å². The molecule has 0 aliphatic carbocycles. The lowest BCUT2D eigenvalue weighted by atomic mass is 10.0. The molecule has 0 aliphatic heterocycles. The van der Waals surface area contributed by atoms with Crippen molar-refractivity contribution in [1.82, 2.24) is 0 Å². The van der Waals surface area contributed by atoms with Crippen molar-refractivity contribution in [2.45, 2.75) is 148 Å². The molecule has 2 heteroatoms. The van der Waals surface area contributed by atoms with Crippen LogP contribution in [0.4, 0.5) is 0 Å². The molecular formula is C26H54O2. The summed E-state index contributed by atoms with van der Waals surface area (Å²) in [5.74, 6) is 0. The highest BCUT2D eigenvalue weighted by atomic mass is 16.5. The molecule has 2 nitrogen and oxygen atoms in total. The Labute approximate surface area is 178 Å². The van der Waals surface area contributed by atoms with Crippen LogP contribution in [-0.4, -0.2) is 24.9 Å². The molecule has 0 radical (unpaired) electrons. The van der Waals surface area contributed by atoms with Gasteiger partial charge in [-0.1, -0.05) is 142 Å². The van der Waals surface area contributed by atoms with Crippen molar-refractivity contribution >= 4 is 0 Å². The summed E-state index contributed by atoms with van der Waals surface area (Å²) in [5, 5.41) is 8.62. The smallest absolute Gasteiger partial charge is 0.0697 e. The van der Waals surface area contributed by atoms with Crippen LogP contribution in [0, 0.1) is 0 Å². The second-order valence-electron chi connectivity index (χ2n) is 8.76. The number of hydrogen-bond donors (Lipinski definition) is 1. The quantitative estimate of drug-likeness (QED) is 0.156. The fourth-order valence-corrected chi connectivity index (χ4v) is 3.98. The van der Waals surface area contributed by atoms with Crippen LogP contribution in [0.1, 0.15) is 148 Å². The fraction of sp³-hybridized carbons (Fsp3) is 1.00. The topological polar surface area (TPSA) is 29.5 Å². The zero-order valence-electron chi connectivity index (χ0n) is 19.5. The predicted molar refractivity (Wildman–Crippen MR) is 125 cm³/mol. The summed E-state index contributed by atoms with van der Waals surface area (Å²) in [6.07, 6.45) is 31.3. The van der Waals surface area contributed by atoms with E-state index in [-0.39, 0.29) is 6.61 Å². The molecule has 28 heavy (non-hydrogen) atoms. The standard InChI is InChI=1S/C26H54O2/c1-2-3-4-5-6-7-8-9-10-11-12-13-14-15-16-17-18-19-20-21-22-23-25-28-26-24-27/h27H,2-26H2,1H3. The summed E-state index contributed by atoms with van der Waals surface area (Å²) in [6.45, 7) is 3.77. The fourth-order valence-electron chi connectivity index (χ4n) is 3.98. The SMILES string of the molecule is CCCCCCCCCCCCCCCCCCCCCCCCOCCO. The van der Waals surface area contributed by atoms with Gasteiger partial charge in [0.05, 0.1) is 13.2 Å². The van der Waals surface area contributed by atoms with E-state index < -0.39 is 0 Å². The zero-order valence-corrected chi connectivity index (χ0v) is 19.5. The second-order valence-corrected chi connectivity index (χ2v) is 8.76. The third kappa shape index (κ3) is 25.9. The molecule has 0 saturated heterocycles. The summed E-state index contributed by atoms with van der Waals surface area (Å²) in [5.41, 5.74) is 0. The van der Waals surface area contributed by atoms with E-state index in [0.717, 1.165) is 13.0 Å². The largest absolute Gasteiger partial charge is 0.394 e. The van der Waals surface area contributed by atoms with Crippen LogP contribution in [0.3, 0.4) is 0 Å². The van der Waals surface area contributed by atoms with E-state index in [2.05, 4.69) is 6.92 Å². The summed E-state index contributed by atoms with van der Waals surface area (Å²) in [4.78, 5) is 0. The molecule has 0 spiro atoms. The number of unbranched alkanes of at least 4 members (excludes halogenated alkanes) is 21. The minimum absolute atomic E-state index is 0.152. The van der Waals surface area contributed by atoms with Crippen LogP contribution >= 0.6 is 0 Å². The molecule has 170 valence electrons. The minimum atomic E-state index is 0.152. The summed E-state index contributed by atoms with van der Waals surface area (Å²) in [7, 11) is 0. The van der Waals surface area contributed by atoms with Crippen molar-refractivity contribution in [3.8, 4) is 0 Å². The highest BCUT2D eigenvalue weighted by molar-refractivity contribution is 4.51. The Hall–Kier alpha value is -0.0800. The van der Waals surface area contributed by atoms with Gasteiger partial charge in [0.25, 0.3) is 0 Å². The van der Waals surface area contributed by atoms with Crippen molar-refractivity contribution in [2.24, 2.45) is 0 Å². The molecular weight excluding hydrogens is 344 g/mol. The Morgan fingerprint density at radius 2 is 0.679 bits per heavy atom. The lowest BCUT2D eigenvalue weighted by Gasteiger charge is -2.04. The summed E-state index contributed by atoms with van der Waals surface area (Å²) >= 11 is 0. The van der Waals surface area contributed by atoms with Gasteiger partial charge in [0.15, 0.2) is 0 Å². The van der Waals surface area contributed by atoms with E-state index in [1.165, 1.54) is 135 Å². The Morgan fingerprint density at radius 1 is 0.393 bits per heavy atom. The van der Waals surface area contributed by atoms with Crippen molar-refractivity contribution in [3.63, 3.8) is 0 Å². The third-order valence-corrected chi connectivity index (χ3v) is 5.88. The van der Waals surface area contributed by atoms with Crippen LogP contribution in [0.25, 0.3) is 0 Å². The Bertz CT molecular complexity index is 229. The maximum atomic E-state index is 8.62. The van der Waals surface area contributed by atoms with Gasteiger partial charge in [-0.05, 0) is 6.42 Å². The van der Waals surface area contributed by atoms with E-state index in [1.54, 1.807) is 0 Å². The third-order valence-electron chi connectivity index (χ3n) is 5.88. The van der Waals surface area contributed by atoms with Crippen LogP contribution in [0.2, 0.25) is 0 Å². The normalized spacial score (nSPS) is 11.4. The number of rotatable bonds is 25.